The molecule has 0 fully saturated rings. The Balaban J connectivity index is 2.23. The zero-order valence-electron chi connectivity index (χ0n) is 9.48. The third kappa shape index (κ3) is 3.22. The molecule has 1 aromatic carbocycles. The largest absolute Gasteiger partial charge is 0.394 e. The van der Waals surface area contributed by atoms with Gasteiger partial charge in [-0.05, 0) is 33.6 Å². The number of rotatable bonds is 4. The van der Waals surface area contributed by atoms with Crippen LogP contribution in [0.2, 0.25) is 5.02 Å². The van der Waals surface area contributed by atoms with Crippen molar-refractivity contribution in [3.63, 3.8) is 0 Å². The van der Waals surface area contributed by atoms with Gasteiger partial charge in [0.15, 0.2) is 0 Å². The predicted molar refractivity (Wildman–Crippen MR) is 76.8 cm³/mol. The van der Waals surface area contributed by atoms with Gasteiger partial charge in [-0.25, -0.2) is 0 Å². The summed E-state index contributed by atoms with van der Waals surface area (Å²) in [7, 11) is 0. The third-order valence-corrected chi connectivity index (χ3v) is 3.29. The van der Waals surface area contributed by atoms with E-state index < -0.39 is 0 Å². The Morgan fingerprint density at radius 3 is 2.78 bits per heavy atom. The molecule has 0 saturated heterocycles. The first-order chi connectivity index (χ1) is 8.70. The van der Waals surface area contributed by atoms with Crippen molar-refractivity contribution < 1.29 is 5.11 Å². The van der Waals surface area contributed by atoms with Crippen LogP contribution in [0.3, 0.4) is 0 Å². The molecule has 2 aromatic rings. The fraction of sp³-hybridized carbons (Fsp3) is 0.154. The Kier molecular flexibility index (Phi) is 4.58. The van der Waals surface area contributed by atoms with E-state index in [0.717, 1.165) is 15.7 Å². The molecule has 0 aliphatic heterocycles. The van der Waals surface area contributed by atoms with Crippen molar-refractivity contribution >= 4 is 33.2 Å². The fourth-order valence-electron chi connectivity index (χ4n) is 1.67. The Hall–Kier alpha value is -1.10. The lowest BCUT2D eigenvalue weighted by Gasteiger charge is -2.19. The Morgan fingerprint density at radius 2 is 2.11 bits per heavy atom. The van der Waals surface area contributed by atoms with Crippen LogP contribution in [0.4, 0.5) is 5.69 Å². The Labute approximate surface area is 119 Å². The Bertz CT molecular complexity index is 536. The van der Waals surface area contributed by atoms with E-state index in [0.29, 0.717) is 5.02 Å². The van der Waals surface area contributed by atoms with E-state index in [4.69, 9.17) is 11.6 Å². The average Bonchev–Trinajstić information content (AvgIpc) is 2.37. The predicted octanol–water partition coefficient (Wildman–Crippen LogP) is 3.64. The molecule has 0 bridgehead atoms. The van der Waals surface area contributed by atoms with Gasteiger partial charge in [0, 0.05) is 15.7 Å². The van der Waals surface area contributed by atoms with Crippen molar-refractivity contribution in [3.8, 4) is 0 Å². The maximum atomic E-state index is 9.48. The number of hydrogen-bond acceptors (Lipinski definition) is 3. The highest BCUT2D eigenvalue weighted by atomic mass is 79.9. The SMILES string of the molecule is OCC(Nc1cncc(Br)c1)c1ccccc1Cl. The van der Waals surface area contributed by atoms with Gasteiger partial charge in [0.1, 0.15) is 0 Å². The van der Waals surface area contributed by atoms with Crippen LogP contribution < -0.4 is 5.32 Å². The zero-order chi connectivity index (χ0) is 13.0. The Morgan fingerprint density at radius 1 is 1.33 bits per heavy atom. The van der Waals surface area contributed by atoms with Gasteiger partial charge in [-0.15, -0.1) is 0 Å². The van der Waals surface area contributed by atoms with Crippen molar-refractivity contribution in [2.75, 3.05) is 11.9 Å². The second kappa shape index (κ2) is 6.18. The lowest BCUT2D eigenvalue weighted by atomic mass is 10.1. The summed E-state index contributed by atoms with van der Waals surface area (Å²) < 4.78 is 0.878. The van der Waals surface area contributed by atoms with Crippen LogP contribution in [0.15, 0.2) is 47.2 Å². The average molecular weight is 328 g/mol. The number of aliphatic hydroxyl groups excluding tert-OH is 1. The minimum Gasteiger partial charge on any atom is -0.394 e. The molecule has 2 rings (SSSR count). The quantitative estimate of drug-likeness (QED) is 0.901. The summed E-state index contributed by atoms with van der Waals surface area (Å²) in [6.45, 7) is -0.0454. The van der Waals surface area contributed by atoms with Crippen LogP contribution in [0.1, 0.15) is 11.6 Å². The van der Waals surface area contributed by atoms with E-state index in [1.807, 2.05) is 24.3 Å². The first kappa shape index (κ1) is 13.3. The molecule has 1 unspecified atom stereocenters. The number of pyridine rings is 1. The summed E-state index contributed by atoms with van der Waals surface area (Å²) in [5, 5.41) is 13.3. The van der Waals surface area contributed by atoms with Crippen LogP contribution in [0.5, 0.6) is 0 Å². The summed E-state index contributed by atoms with van der Waals surface area (Å²) >= 11 is 9.47. The maximum absolute atomic E-state index is 9.48. The lowest BCUT2D eigenvalue weighted by molar-refractivity contribution is 0.276. The summed E-state index contributed by atoms with van der Waals surface area (Å²) in [5.74, 6) is 0. The molecule has 1 atom stereocenters. The van der Waals surface area contributed by atoms with Gasteiger partial charge in [-0.2, -0.15) is 0 Å². The van der Waals surface area contributed by atoms with Gasteiger partial charge in [-0.1, -0.05) is 29.8 Å². The van der Waals surface area contributed by atoms with Crippen molar-refractivity contribution in [1.29, 1.82) is 0 Å². The molecule has 18 heavy (non-hydrogen) atoms. The summed E-state index contributed by atoms with van der Waals surface area (Å²) in [4.78, 5) is 4.06. The molecule has 5 heteroatoms. The van der Waals surface area contributed by atoms with Gasteiger partial charge < -0.3 is 10.4 Å². The topological polar surface area (TPSA) is 45.1 Å². The number of nitrogens with zero attached hydrogens (tertiary/aromatic N) is 1. The fourth-order valence-corrected chi connectivity index (χ4v) is 2.30. The van der Waals surface area contributed by atoms with Crippen molar-refractivity contribution in [1.82, 2.24) is 4.98 Å². The van der Waals surface area contributed by atoms with Crippen LogP contribution in [0.25, 0.3) is 0 Å². The standard InChI is InChI=1S/C13H12BrClN2O/c14-9-5-10(7-16-6-9)17-13(8-18)11-3-1-2-4-12(11)15/h1-7,13,17-18H,8H2. The molecule has 1 aromatic heterocycles. The van der Waals surface area contributed by atoms with Gasteiger partial charge >= 0.3 is 0 Å². The van der Waals surface area contributed by atoms with Crippen molar-refractivity contribution in [3.05, 3.63) is 57.8 Å². The number of aliphatic hydroxyl groups is 1. The molecule has 2 N–H and O–H groups in total. The molecule has 0 saturated carbocycles. The normalized spacial score (nSPS) is 12.2. The molecular formula is C13H12BrClN2O. The number of halogens is 2. The lowest BCUT2D eigenvalue weighted by Crippen LogP contribution is -2.15. The van der Waals surface area contributed by atoms with Crippen LogP contribution >= 0.6 is 27.5 Å². The number of hydrogen-bond donors (Lipinski definition) is 2. The zero-order valence-corrected chi connectivity index (χ0v) is 11.8. The molecule has 0 amide bonds. The highest BCUT2D eigenvalue weighted by Crippen LogP contribution is 2.26. The monoisotopic (exact) mass is 326 g/mol. The third-order valence-electron chi connectivity index (χ3n) is 2.51. The molecule has 0 radical (unpaired) electrons. The first-order valence-corrected chi connectivity index (χ1v) is 6.60. The van der Waals surface area contributed by atoms with Crippen LogP contribution in [-0.2, 0) is 0 Å². The molecule has 0 spiro atoms. The van der Waals surface area contributed by atoms with Gasteiger partial charge in [0.25, 0.3) is 0 Å². The van der Waals surface area contributed by atoms with E-state index in [1.165, 1.54) is 0 Å². The number of aromatic nitrogens is 1. The summed E-state index contributed by atoms with van der Waals surface area (Å²) in [5.41, 5.74) is 1.69. The molecule has 94 valence electrons. The molecule has 0 aliphatic rings. The van der Waals surface area contributed by atoms with Crippen molar-refractivity contribution in [2.24, 2.45) is 0 Å². The number of benzene rings is 1. The van der Waals surface area contributed by atoms with E-state index in [2.05, 4.69) is 26.2 Å². The van der Waals surface area contributed by atoms with Gasteiger partial charge in [0.05, 0.1) is 24.5 Å². The second-order valence-electron chi connectivity index (χ2n) is 3.79. The molecule has 1 heterocycles. The number of anilines is 1. The van der Waals surface area contributed by atoms with Crippen LogP contribution in [0, 0.1) is 0 Å². The molecule has 0 aliphatic carbocycles. The van der Waals surface area contributed by atoms with Gasteiger partial charge in [0.2, 0.25) is 0 Å². The van der Waals surface area contributed by atoms with E-state index in [9.17, 15) is 5.11 Å². The van der Waals surface area contributed by atoms with Crippen molar-refractivity contribution in [2.45, 2.75) is 6.04 Å². The molecule has 3 nitrogen and oxygen atoms in total. The van der Waals surface area contributed by atoms with E-state index in [-0.39, 0.29) is 12.6 Å². The van der Waals surface area contributed by atoms with E-state index >= 15 is 0 Å². The molecular weight excluding hydrogens is 316 g/mol. The van der Waals surface area contributed by atoms with Gasteiger partial charge in [-0.3, -0.25) is 4.98 Å². The first-order valence-electron chi connectivity index (χ1n) is 5.43. The summed E-state index contributed by atoms with van der Waals surface area (Å²) in [6.07, 6.45) is 3.40. The summed E-state index contributed by atoms with van der Waals surface area (Å²) in [6, 6.07) is 9.09. The van der Waals surface area contributed by atoms with E-state index in [1.54, 1.807) is 18.5 Å². The minimum atomic E-state index is -0.255. The highest BCUT2D eigenvalue weighted by molar-refractivity contribution is 9.10. The smallest absolute Gasteiger partial charge is 0.0759 e. The maximum Gasteiger partial charge on any atom is 0.0759 e. The second-order valence-corrected chi connectivity index (χ2v) is 5.12. The highest BCUT2D eigenvalue weighted by Gasteiger charge is 2.13. The van der Waals surface area contributed by atoms with Crippen LogP contribution in [-0.4, -0.2) is 16.7 Å². The number of nitrogens with one attached hydrogen (secondary N) is 1. The minimum absolute atomic E-state index is 0.0454.